The Bertz CT molecular complexity index is 839. The highest BCUT2D eigenvalue weighted by molar-refractivity contribution is 7.99. The van der Waals surface area contributed by atoms with E-state index in [0.717, 1.165) is 34.6 Å². The fourth-order valence-corrected chi connectivity index (χ4v) is 4.62. The van der Waals surface area contributed by atoms with Crippen molar-refractivity contribution in [3.8, 4) is 0 Å². The first-order chi connectivity index (χ1) is 11.2. The first-order valence-electron chi connectivity index (χ1n) is 7.74. The first kappa shape index (κ1) is 14.5. The Kier molecular flexibility index (Phi) is 3.49. The van der Waals surface area contributed by atoms with E-state index in [1.807, 2.05) is 18.2 Å². The van der Waals surface area contributed by atoms with Gasteiger partial charge in [0.2, 0.25) is 0 Å². The van der Waals surface area contributed by atoms with Gasteiger partial charge in [0.15, 0.2) is 5.78 Å². The number of rotatable bonds is 1. The van der Waals surface area contributed by atoms with Gasteiger partial charge in [0, 0.05) is 21.8 Å². The summed E-state index contributed by atoms with van der Waals surface area (Å²) in [4.78, 5) is 26.2. The lowest BCUT2D eigenvalue weighted by Crippen LogP contribution is -2.02. The summed E-state index contributed by atoms with van der Waals surface area (Å²) in [5.74, 6) is -0.0411. The fourth-order valence-electron chi connectivity index (χ4n) is 3.43. The maximum absolute atomic E-state index is 12.2. The molecule has 3 nitrogen and oxygen atoms in total. The van der Waals surface area contributed by atoms with Gasteiger partial charge < -0.3 is 4.74 Å². The number of benzene rings is 2. The summed E-state index contributed by atoms with van der Waals surface area (Å²) < 4.78 is 4.81. The molecule has 0 atom stereocenters. The van der Waals surface area contributed by atoms with Gasteiger partial charge in [-0.3, -0.25) is 4.79 Å². The summed E-state index contributed by atoms with van der Waals surface area (Å²) >= 11 is 1.65. The maximum atomic E-state index is 12.2. The number of ether oxygens (including phenoxy) is 1. The van der Waals surface area contributed by atoms with Crippen molar-refractivity contribution in [2.75, 3.05) is 7.11 Å². The molecule has 4 heteroatoms. The molecule has 0 spiro atoms. The quantitative estimate of drug-likeness (QED) is 0.747. The van der Waals surface area contributed by atoms with Crippen molar-refractivity contribution in [1.29, 1.82) is 0 Å². The Labute approximate surface area is 139 Å². The smallest absolute Gasteiger partial charge is 0.337 e. The topological polar surface area (TPSA) is 43.4 Å². The lowest BCUT2D eigenvalue weighted by Gasteiger charge is -2.10. The predicted molar refractivity (Wildman–Crippen MR) is 88.4 cm³/mol. The van der Waals surface area contributed by atoms with Crippen LogP contribution in [0.1, 0.15) is 43.8 Å². The summed E-state index contributed by atoms with van der Waals surface area (Å²) in [6, 6.07) is 9.92. The Morgan fingerprint density at radius 3 is 2.61 bits per heavy atom. The van der Waals surface area contributed by atoms with E-state index in [1.165, 1.54) is 23.8 Å². The van der Waals surface area contributed by atoms with E-state index in [0.29, 0.717) is 12.0 Å². The van der Waals surface area contributed by atoms with Gasteiger partial charge in [-0.15, -0.1) is 0 Å². The van der Waals surface area contributed by atoms with E-state index >= 15 is 0 Å². The molecular weight excluding hydrogens is 308 g/mol. The minimum Gasteiger partial charge on any atom is -0.465 e. The molecule has 23 heavy (non-hydrogen) atoms. The average molecular weight is 324 g/mol. The van der Waals surface area contributed by atoms with E-state index in [1.54, 1.807) is 11.8 Å². The van der Waals surface area contributed by atoms with Crippen molar-refractivity contribution in [1.82, 2.24) is 0 Å². The third kappa shape index (κ3) is 2.38. The SMILES string of the molecule is COC(=O)c1ccc2c(c1)Sc1ccc3c(c1CC2)C(=O)CC3. The highest BCUT2D eigenvalue weighted by atomic mass is 32.2. The van der Waals surface area contributed by atoms with Crippen LogP contribution >= 0.6 is 11.8 Å². The molecule has 0 N–H and O–H groups in total. The Balaban J connectivity index is 1.79. The van der Waals surface area contributed by atoms with Crippen molar-refractivity contribution < 1.29 is 14.3 Å². The molecule has 0 radical (unpaired) electrons. The third-order valence-electron chi connectivity index (χ3n) is 4.61. The second-order valence-corrected chi connectivity index (χ2v) is 7.00. The second kappa shape index (κ2) is 5.53. The number of aryl methyl sites for hydroxylation is 2. The number of ketones is 1. The van der Waals surface area contributed by atoms with Gasteiger partial charge in [0.25, 0.3) is 0 Å². The Morgan fingerprint density at radius 2 is 1.78 bits per heavy atom. The zero-order chi connectivity index (χ0) is 16.0. The van der Waals surface area contributed by atoms with Gasteiger partial charge in [-0.05, 0) is 54.2 Å². The average Bonchev–Trinajstić information content (AvgIpc) is 2.85. The Hall–Kier alpha value is -2.07. The minimum atomic E-state index is -0.318. The van der Waals surface area contributed by atoms with Crippen LogP contribution in [0.2, 0.25) is 0 Å². The van der Waals surface area contributed by atoms with Crippen LogP contribution in [0.5, 0.6) is 0 Å². The van der Waals surface area contributed by atoms with Crippen molar-refractivity contribution >= 4 is 23.5 Å². The van der Waals surface area contributed by atoms with Crippen molar-refractivity contribution in [2.45, 2.75) is 35.5 Å². The van der Waals surface area contributed by atoms with Crippen LogP contribution in [0, 0.1) is 0 Å². The zero-order valence-electron chi connectivity index (χ0n) is 12.8. The molecule has 0 aromatic heterocycles. The summed E-state index contributed by atoms with van der Waals surface area (Å²) in [6.45, 7) is 0. The molecule has 0 unspecified atom stereocenters. The van der Waals surface area contributed by atoms with Crippen molar-refractivity contribution in [3.63, 3.8) is 0 Å². The molecule has 0 saturated carbocycles. The first-order valence-corrected chi connectivity index (χ1v) is 8.56. The number of carbonyl (C=O) groups excluding carboxylic acids is 2. The number of hydrogen-bond acceptors (Lipinski definition) is 4. The number of esters is 1. The van der Waals surface area contributed by atoms with Crippen LogP contribution < -0.4 is 0 Å². The number of carbonyl (C=O) groups is 2. The molecule has 0 bridgehead atoms. The van der Waals surface area contributed by atoms with Gasteiger partial charge in [0.05, 0.1) is 12.7 Å². The van der Waals surface area contributed by atoms with E-state index in [4.69, 9.17) is 4.74 Å². The Morgan fingerprint density at radius 1 is 1.00 bits per heavy atom. The molecule has 0 saturated heterocycles. The van der Waals surface area contributed by atoms with Gasteiger partial charge in [-0.2, -0.15) is 0 Å². The van der Waals surface area contributed by atoms with Crippen LogP contribution in [0.25, 0.3) is 0 Å². The molecule has 1 aliphatic carbocycles. The second-order valence-electron chi connectivity index (χ2n) is 5.92. The normalized spacial score (nSPS) is 15.4. The molecule has 0 fully saturated rings. The molecule has 1 heterocycles. The number of methoxy groups -OCH3 is 1. The number of fused-ring (bicyclic) bond motifs is 4. The molecule has 116 valence electrons. The van der Waals surface area contributed by atoms with Crippen LogP contribution in [-0.2, 0) is 24.0 Å². The standard InChI is InChI=1S/C19H16O3S/c1-22-19(21)13-3-2-11-4-7-14-16(23-17(11)10-13)9-6-12-5-8-15(20)18(12)14/h2-3,6,9-10H,4-5,7-8H2,1H3. The summed E-state index contributed by atoms with van der Waals surface area (Å²) in [7, 11) is 1.39. The maximum Gasteiger partial charge on any atom is 0.337 e. The van der Waals surface area contributed by atoms with Gasteiger partial charge in [-0.25, -0.2) is 4.79 Å². The number of hydrogen-bond donors (Lipinski definition) is 0. The predicted octanol–water partition coefficient (Wildman–Crippen LogP) is 3.85. The van der Waals surface area contributed by atoms with Gasteiger partial charge >= 0.3 is 5.97 Å². The van der Waals surface area contributed by atoms with Crippen LogP contribution in [-0.4, -0.2) is 18.9 Å². The lowest BCUT2D eigenvalue weighted by molar-refractivity contribution is 0.0600. The highest BCUT2D eigenvalue weighted by Gasteiger charge is 2.27. The number of Topliss-reactive ketones (excluding diaryl/α,β-unsaturated/α-hetero) is 1. The van der Waals surface area contributed by atoms with Crippen molar-refractivity contribution in [3.05, 3.63) is 58.1 Å². The van der Waals surface area contributed by atoms with Crippen LogP contribution in [0.4, 0.5) is 0 Å². The molecule has 1 aliphatic heterocycles. The van der Waals surface area contributed by atoms with E-state index in [-0.39, 0.29) is 11.8 Å². The molecule has 4 rings (SSSR count). The monoisotopic (exact) mass is 324 g/mol. The summed E-state index contributed by atoms with van der Waals surface area (Å²) in [5, 5.41) is 0. The molecule has 2 aromatic rings. The van der Waals surface area contributed by atoms with E-state index in [2.05, 4.69) is 12.1 Å². The summed E-state index contributed by atoms with van der Waals surface area (Å²) in [6.07, 6.45) is 3.27. The molecular formula is C19H16O3S. The molecule has 0 amide bonds. The summed E-state index contributed by atoms with van der Waals surface area (Å²) in [5.41, 5.74) is 5.12. The van der Waals surface area contributed by atoms with E-state index < -0.39 is 0 Å². The zero-order valence-corrected chi connectivity index (χ0v) is 13.7. The van der Waals surface area contributed by atoms with Crippen molar-refractivity contribution in [2.24, 2.45) is 0 Å². The molecule has 2 aromatic carbocycles. The van der Waals surface area contributed by atoms with Crippen LogP contribution in [0.3, 0.4) is 0 Å². The highest BCUT2D eigenvalue weighted by Crippen LogP contribution is 2.41. The van der Waals surface area contributed by atoms with Crippen LogP contribution in [0.15, 0.2) is 40.1 Å². The molecule has 2 aliphatic rings. The fraction of sp³-hybridized carbons (Fsp3) is 0.263. The largest absolute Gasteiger partial charge is 0.465 e. The minimum absolute atomic E-state index is 0.277. The lowest BCUT2D eigenvalue weighted by atomic mass is 9.96. The third-order valence-corrected chi connectivity index (χ3v) is 5.81. The van der Waals surface area contributed by atoms with E-state index in [9.17, 15) is 9.59 Å². The van der Waals surface area contributed by atoms with Gasteiger partial charge in [-0.1, -0.05) is 23.9 Å². The van der Waals surface area contributed by atoms with Gasteiger partial charge in [0.1, 0.15) is 0 Å².